The van der Waals surface area contributed by atoms with E-state index in [1.165, 1.54) is 0 Å². The Morgan fingerprint density at radius 2 is 2.25 bits per heavy atom. The molecule has 0 aromatic carbocycles. The number of nitrogens with two attached hydrogens (primary N) is 1. The Balaban J connectivity index is 2.58. The molecular weight excluding hydrogens is 268 g/mol. The fourth-order valence-corrected chi connectivity index (χ4v) is 2.19. The average molecular weight is 283 g/mol. The summed E-state index contributed by atoms with van der Waals surface area (Å²) in [7, 11) is 0. The minimum Gasteiger partial charge on any atom is -0.325 e. The normalized spacial score (nSPS) is 11.6. The number of halogens is 1. The van der Waals surface area contributed by atoms with E-state index in [9.17, 15) is 0 Å². The second-order valence-electron chi connectivity index (χ2n) is 4.23. The molecule has 5 heteroatoms. The van der Waals surface area contributed by atoms with Crippen LogP contribution in [-0.4, -0.2) is 14.6 Å². The summed E-state index contributed by atoms with van der Waals surface area (Å²) in [5, 5.41) is 4.55. The van der Waals surface area contributed by atoms with Crippen molar-refractivity contribution in [1.29, 1.82) is 0 Å². The lowest BCUT2D eigenvalue weighted by Crippen LogP contribution is -2.06. The first-order valence-electron chi connectivity index (χ1n) is 5.34. The van der Waals surface area contributed by atoms with Crippen LogP contribution in [0.4, 0.5) is 0 Å². The van der Waals surface area contributed by atoms with Crippen LogP contribution in [0, 0.1) is 5.92 Å². The summed E-state index contributed by atoms with van der Waals surface area (Å²) in [5.41, 5.74) is 8.54. The molecule has 0 radical (unpaired) electrons. The number of nitrogens with zero attached hydrogens (tertiary/aromatic N) is 3. The number of rotatable bonds is 3. The average Bonchev–Trinajstić information content (AvgIpc) is 2.55. The van der Waals surface area contributed by atoms with E-state index in [-0.39, 0.29) is 0 Å². The zero-order valence-electron chi connectivity index (χ0n) is 9.44. The SMILES string of the molecule is CC(C)Cc1nn2c(CN)ccnc2c1Br. The van der Waals surface area contributed by atoms with E-state index in [2.05, 4.69) is 39.9 Å². The molecule has 0 saturated carbocycles. The summed E-state index contributed by atoms with van der Waals surface area (Å²) in [5.74, 6) is 0.572. The quantitative estimate of drug-likeness (QED) is 0.939. The van der Waals surface area contributed by atoms with Crippen molar-refractivity contribution in [2.45, 2.75) is 26.8 Å². The Bertz CT molecular complexity index is 504. The fourth-order valence-electron chi connectivity index (χ4n) is 1.68. The van der Waals surface area contributed by atoms with Crippen molar-refractivity contribution in [1.82, 2.24) is 14.6 Å². The van der Waals surface area contributed by atoms with Gasteiger partial charge in [-0.1, -0.05) is 13.8 Å². The van der Waals surface area contributed by atoms with Gasteiger partial charge in [-0.15, -0.1) is 0 Å². The maximum absolute atomic E-state index is 5.67. The van der Waals surface area contributed by atoms with Gasteiger partial charge in [-0.3, -0.25) is 0 Å². The molecule has 0 unspecified atom stereocenters. The molecule has 0 atom stereocenters. The van der Waals surface area contributed by atoms with Crippen LogP contribution in [0.5, 0.6) is 0 Å². The molecule has 2 heterocycles. The first-order valence-corrected chi connectivity index (χ1v) is 6.13. The maximum Gasteiger partial charge on any atom is 0.169 e. The molecule has 0 aliphatic rings. The maximum atomic E-state index is 5.67. The molecule has 4 nitrogen and oxygen atoms in total. The van der Waals surface area contributed by atoms with E-state index in [1.807, 2.05) is 10.6 Å². The summed E-state index contributed by atoms with van der Waals surface area (Å²) in [6, 6.07) is 1.89. The van der Waals surface area contributed by atoms with E-state index in [1.54, 1.807) is 6.20 Å². The smallest absolute Gasteiger partial charge is 0.169 e. The second-order valence-corrected chi connectivity index (χ2v) is 5.03. The zero-order chi connectivity index (χ0) is 11.7. The van der Waals surface area contributed by atoms with Gasteiger partial charge in [0, 0.05) is 12.7 Å². The molecule has 2 aromatic rings. The van der Waals surface area contributed by atoms with Gasteiger partial charge in [0.2, 0.25) is 0 Å². The van der Waals surface area contributed by atoms with Crippen LogP contribution in [0.15, 0.2) is 16.7 Å². The van der Waals surface area contributed by atoms with E-state index in [0.717, 1.165) is 27.9 Å². The topological polar surface area (TPSA) is 56.2 Å². The standard InChI is InChI=1S/C11H15BrN4/c1-7(2)5-9-10(12)11-14-4-3-8(6-13)16(11)15-9/h3-4,7H,5-6,13H2,1-2H3. The lowest BCUT2D eigenvalue weighted by Gasteiger charge is -2.00. The Hall–Kier alpha value is -0.940. The van der Waals surface area contributed by atoms with Gasteiger partial charge < -0.3 is 5.73 Å². The predicted molar refractivity (Wildman–Crippen MR) is 67.1 cm³/mol. The van der Waals surface area contributed by atoms with Crippen molar-refractivity contribution in [3.8, 4) is 0 Å². The van der Waals surface area contributed by atoms with Gasteiger partial charge in [-0.2, -0.15) is 5.10 Å². The summed E-state index contributed by atoms with van der Waals surface area (Å²) in [6.07, 6.45) is 2.71. The number of hydrogen-bond donors (Lipinski definition) is 1. The Kier molecular flexibility index (Phi) is 3.25. The first kappa shape index (κ1) is 11.5. The van der Waals surface area contributed by atoms with Crippen LogP contribution in [-0.2, 0) is 13.0 Å². The summed E-state index contributed by atoms with van der Waals surface area (Å²) >= 11 is 3.56. The molecule has 0 saturated heterocycles. The zero-order valence-corrected chi connectivity index (χ0v) is 11.0. The lowest BCUT2D eigenvalue weighted by molar-refractivity contribution is 0.627. The summed E-state index contributed by atoms with van der Waals surface area (Å²) in [4.78, 5) is 4.32. The molecular formula is C11H15BrN4. The third kappa shape index (κ3) is 1.97. The molecule has 86 valence electrons. The van der Waals surface area contributed by atoms with Crippen molar-refractivity contribution in [3.63, 3.8) is 0 Å². The molecule has 16 heavy (non-hydrogen) atoms. The van der Waals surface area contributed by atoms with E-state index in [0.29, 0.717) is 12.5 Å². The number of fused-ring (bicyclic) bond motifs is 1. The molecule has 0 aliphatic heterocycles. The van der Waals surface area contributed by atoms with Crippen molar-refractivity contribution < 1.29 is 0 Å². The van der Waals surface area contributed by atoms with Gasteiger partial charge in [0.15, 0.2) is 5.65 Å². The van der Waals surface area contributed by atoms with E-state index in [4.69, 9.17) is 5.73 Å². The molecule has 0 bridgehead atoms. The monoisotopic (exact) mass is 282 g/mol. The van der Waals surface area contributed by atoms with Crippen LogP contribution in [0.2, 0.25) is 0 Å². The van der Waals surface area contributed by atoms with Crippen molar-refractivity contribution in [2.75, 3.05) is 0 Å². The van der Waals surface area contributed by atoms with Gasteiger partial charge >= 0.3 is 0 Å². The Morgan fingerprint density at radius 1 is 1.50 bits per heavy atom. The molecule has 0 amide bonds. The first-order chi connectivity index (χ1) is 7.63. The molecule has 0 spiro atoms. The molecule has 0 aliphatic carbocycles. The summed E-state index contributed by atoms with van der Waals surface area (Å²) < 4.78 is 2.80. The number of hydrogen-bond acceptors (Lipinski definition) is 3. The van der Waals surface area contributed by atoms with Gasteiger partial charge in [-0.25, -0.2) is 9.50 Å². The van der Waals surface area contributed by atoms with Crippen LogP contribution in [0.3, 0.4) is 0 Å². The number of aromatic nitrogens is 3. The van der Waals surface area contributed by atoms with Crippen LogP contribution in [0.25, 0.3) is 5.65 Å². The van der Waals surface area contributed by atoms with Crippen molar-refractivity contribution in [3.05, 3.63) is 28.1 Å². The van der Waals surface area contributed by atoms with Crippen molar-refractivity contribution >= 4 is 21.6 Å². The highest BCUT2D eigenvalue weighted by Gasteiger charge is 2.13. The van der Waals surface area contributed by atoms with Crippen LogP contribution >= 0.6 is 15.9 Å². The Labute approximate surface area is 103 Å². The minimum atomic E-state index is 0.467. The van der Waals surface area contributed by atoms with E-state index < -0.39 is 0 Å². The largest absolute Gasteiger partial charge is 0.325 e. The predicted octanol–water partition coefficient (Wildman–Crippen LogP) is 2.15. The third-order valence-corrected chi connectivity index (χ3v) is 3.23. The van der Waals surface area contributed by atoms with Crippen LogP contribution in [0.1, 0.15) is 25.2 Å². The van der Waals surface area contributed by atoms with Crippen LogP contribution < -0.4 is 5.73 Å². The van der Waals surface area contributed by atoms with E-state index >= 15 is 0 Å². The van der Waals surface area contributed by atoms with Gasteiger partial charge in [-0.05, 0) is 34.3 Å². The minimum absolute atomic E-state index is 0.467. The molecule has 2 rings (SSSR count). The lowest BCUT2D eigenvalue weighted by atomic mass is 10.1. The molecule has 2 aromatic heterocycles. The van der Waals surface area contributed by atoms with Crippen molar-refractivity contribution in [2.24, 2.45) is 11.7 Å². The molecule has 0 fully saturated rings. The van der Waals surface area contributed by atoms with Gasteiger partial charge in [0.05, 0.1) is 15.9 Å². The second kappa shape index (κ2) is 4.51. The third-order valence-electron chi connectivity index (χ3n) is 2.42. The Morgan fingerprint density at radius 3 is 2.88 bits per heavy atom. The van der Waals surface area contributed by atoms with Gasteiger partial charge in [0.25, 0.3) is 0 Å². The molecule has 2 N–H and O–H groups in total. The highest BCUT2D eigenvalue weighted by Crippen LogP contribution is 2.23. The fraction of sp³-hybridized carbons (Fsp3) is 0.455. The summed E-state index contributed by atoms with van der Waals surface area (Å²) in [6.45, 7) is 4.82. The van der Waals surface area contributed by atoms with Gasteiger partial charge in [0.1, 0.15) is 0 Å². The highest BCUT2D eigenvalue weighted by atomic mass is 79.9. The highest BCUT2D eigenvalue weighted by molar-refractivity contribution is 9.10.